The Morgan fingerprint density at radius 1 is 1.46 bits per heavy atom. The molecule has 1 aromatic rings. The third-order valence-corrected chi connectivity index (χ3v) is 4.94. The number of amides is 2. The van der Waals surface area contributed by atoms with Crippen molar-refractivity contribution in [2.75, 3.05) is 25.1 Å². The van der Waals surface area contributed by atoms with E-state index in [1.54, 1.807) is 25.0 Å². The van der Waals surface area contributed by atoms with Crippen LogP contribution in [0.3, 0.4) is 0 Å². The summed E-state index contributed by atoms with van der Waals surface area (Å²) in [5.41, 5.74) is -0.121. The topological polar surface area (TPSA) is 78.9 Å². The van der Waals surface area contributed by atoms with E-state index in [1.807, 2.05) is 18.2 Å². The van der Waals surface area contributed by atoms with Gasteiger partial charge in [-0.1, -0.05) is 6.07 Å². The Morgan fingerprint density at radius 2 is 2.21 bits per heavy atom. The van der Waals surface area contributed by atoms with Crippen LogP contribution in [0.15, 0.2) is 24.3 Å². The number of benzene rings is 1. The summed E-state index contributed by atoms with van der Waals surface area (Å²) in [5, 5.41) is 13.1. The van der Waals surface area contributed by atoms with E-state index in [2.05, 4.69) is 5.32 Å². The molecular weight excluding hydrogens is 308 g/mol. The van der Waals surface area contributed by atoms with Crippen LogP contribution in [0.5, 0.6) is 5.75 Å². The fourth-order valence-corrected chi connectivity index (χ4v) is 3.17. The van der Waals surface area contributed by atoms with E-state index in [9.17, 15) is 14.7 Å². The molecule has 6 nitrogen and oxygen atoms in total. The summed E-state index contributed by atoms with van der Waals surface area (Å²) < 4.78 is 5.18. The molecule has 2 unspecified atom stereocenters. The lowest BCUT2D eigenvalue weighted by Crippen LogP contribution is -2.44. The highest BCUT2D eigenvalue weighted by molar-refractivity contribution is 6.00. The molecule has 1 aromatic carbocycles. The van der Waals surface area contributed by atoms with Crippen molar-refractivity contribution in [1.29, 1.82) is 0 Å². The van der Waals surface area contributed by atoms with E-state index in [0.29, 0.717) is 12.3 Å². The highest BCUT2D eigenvalue weighted by Gasteiger charge is 2.41. The lowest BCUT2D eigenvalue weighted by molar-refractivity contribution is -0.127. The number of carbonyl (C=O) groups is 2. The number of aliphatic hydroxyl groups is 1. The van der Waals surface area contributed by atoms with Gasteiger partial charge in [-0.05, 0) is 37.8 Å². The van der Waals surface area contributed by atoms with E-state index < -0.39 is 11.5 Å². The Morgan fingerprint density at radius 3 is 2.88 bits per heavy atom. The number of nitrogens with zero attached hydrogens (tertiary/aromatic N) is 1. The molecule has 1 aliphatic carbocycles. The molecule has 2 atom stereocenters. The van der Waals surface area contributed by atoms with Crippen molar-refractivity contribution in [2.45, 2.75) is 31.8 Å². The number of ether oxygens (including phenoxy) is 1. The van der Waals surface area contributed by atoms with Gasteiger partial charge < -0.3 is 20.1 Å². The smallest absolute Gasteiger partial charge is 0.227 e. The maximum Gasteiger partial charge on any atom is 0.227 e. The SMILES string of the molecule is COc1cccc(N2CC(C(=O)NCC(C)(O)C3CC3)CC2=O)c1. The van der Waals surface area contributed by atoms with Crippen molar-refractivity contribution in [1.82, 2.24) is 5.32 Å². The fraction of sp³-hybridized carbons (Fsp3) is 0.556. The molecule has 2 N–H and O–H groups in total. The molecule has 1 heterocycles. The van der Waals surface area contributed by atoms with Gasteiger partial charge in [-0.3, -0.25) is 9.59 Å². The van der Waals surface area contributed by atoms with Gasteiger partial charge in [0, 0.05) is 31.3 Å². The Kier molecular flexibility index (Phi) is 4.49. The Bertz CT molecular complexity index is 640. The molecular formula is C18H24N2O4. The van der Waals surface area contributed by atoms with Crippen LogP contribution in [0.4, 0.5) is 5.69 Å². The molecule has 2 amide bonds. The van der Waals surface area contributed by atoms with Crippen molar-refractivity contribution in [3.63, 3.8) is 0 Å². The van der Waals surface area contributed by atoms with E-state index >= 15 is 0 Å². The summed E-state index contributed by atoms with van der Waals surface area (Å²) in [6, 6.07) is 7.25. The monoisotopic (exact) mass is 332 g/mol. The number of rotatable bonds is 6. The van der Waals surface area contributed by atoms with E-state index in [1.165, 1.54) is 0 Å². The molecule has 1 saturated heterocycles. The van der Waals surface area contributed by atoms with Crippen LogP contribution >= 0.6 is 0 Å². The molecule has 1 saturated carbocycles. The number of hydrogen-bond donors (Lipinski definition) is 2. The summed E-state index contributed by atoms with van der Waals surface area (Å²) in [6.45, 7) is 2.34. The summed E-state index contributed by atoms with van der Waals surface area (Å²) >= 11 is 0. The maximum absolute atomic E-state index is 12.4. The Balaban J connectivity index is 1.60. The number of anilines is 1. The summed E-state index contributed by atoms with van der Waals surface area (Å²) in [7, 11) is 1.58. The number of methoxy groups -OCH3 is 1. The first-order valence-electron chi connectivity index (χ1n) is 8.35. The largest absolute Gasteiger partial charge is 0.497 e. The lowest BCUT2D eigenvalue weighted by atomic mass is 10.00. The first kappa shape index (κ1) is 16.8. The van der Waals surface area contributed by atoms with Crippen molar-refractivity contribution < 1.29 is 19.4 Å². The highest BCUT2D eigenvalue weighted by atomic mass is 16.5. The van der Waals surface area contributed by atoms with Crippen molar-refractivity contribution in [3.05, 3.63) is 24.3 Å². The summed E-state index contributed by atoms with van der Waals surface area (Å²) in [4.78, 5) is 26.2. The van der Waals surface area contributed by atoms with E-state index in [0.717, 1.165) is 18.5 Å². The van der Waals surface area contributed by atoms with Gasteiger partial charge >= 0.3 is 0 Å². The predicted octanol–water partition coefficient (Wildman–Crippen LogP) is 1.33. The highest BCUT2D eigenvalue weighted by Crippen LogP contribution is 2.39. The van der Waals surface area contributed by atoms with Crippen LogP contribution in [0.25, 0.3) is 0 Å². The van der Waals surface area contributed by atoms with Crippen molar-refractivity contribution in [3.8, 4) is 5.75 Å². The van der Waals surface area contributed by atoms with Crippen LogP contribution in [0.2, 0.25) is 0 Å². The second-order valence-electron chi connectivity index (χ2n) is 6.96. The molecule has 1 aliphatic heterocycles. The fourth-order valence-electron chi connectivity index (χ4n) is 3.17. The van der Waals surface area contributed by atoms with Crippen LogP contribution < -0.4 is 15.0 Å². The molecule has 0 radical (unpaired) electrons. The van der Waals surface area contributed by atoms with Gasteiger partial charge in [-0.25, -0.2) is 0 Å². The molecule has 2 fully saturated rings. The van der Waals surface area contributed by atoms with Gasteiger partial charge in [0.05, 0.1) is 18.6 Å². The second kappa shape index (κ2) is 6.43. The molecule has 0 spiro atoms. The quantitative estimate of drug-likeness (QED) is 0.824. The van der Waals surface area contributed by atoms with Gasteiger partial charge in [0.2, 0.25) is 11.8 Å². The van der Waals surface area contributed by atoms with Crippen LogP contribution in [0, 0.1) is 11.8 Å². The van der Waals surface area contributed by atoms with E-state index in [-0.39, 0.29) is 30.7 Å². The van der Waals surface area contributed by atoms with Gasteiger partial charge in [0.25, 0.3) is 0 Å². The average Bonchev–Trinajstić information content (AvgIpc) is 3.36. The second-order valence-corrected chi connectivity index (χ2v) is 6.96. The normalized spacial score (nSPS) is 23.0. The molecule has 24 heavy (non-hydrogen) atoms. The average molecular weight is 332 g/mol. The van der Waals surface area contributed by atoms with Crippen LogP contribution in [0.1, 0.15) is 26.2 Å². The zero-order valence-electron chi connectivity index (χ0n) is 14.1. The van der Waals surface area contributed by atoms with Gasteiger partial charge in [0.15, 0.2) is 0 Å². The molecule has 130 valence electrons. The van der Waals surface area contributed by atoms with Crippen LogP contribution in [-0.4, -0.2) is 42.7 Å². The minimum absolute atomic E-state index is 0.0719. The molecule has 3 rings (SSSR count). The molecule has 2 aliphatic rings. The first-order valence-corrected chi connectivity index (χ1v) is 8.35. The van der Waals surface area contributed by atoms with Crippen molar-refractivity contribution >= 4 is 17.5 Å². The zero-order chi connectivity index (χ0) is 17.3. The van der Waals surface area contributed by atoms with Gasteiger partial charge in [-0.15, -0.1) is 0 Å². The summed E-state index contributed by atoms with van der Waals surface area (Å²) in [6.07, 6.45) is 2.21. The number of carbonyl (C=O) groups excluding carboxylic acids is 2. The molecule has 6 heteroatoms. The van der Waals surface area contributed by atoms with E-state index in [4.69, 9.17) is 4.74 Å². The van der Waals surface area contributed by atoms with Crippen molar-refractivity contribution in [2.24, 2.45) is 11.8 Å². The molecule has 0 aromatic heterocycles. The minimum Gasteiger partial charge on any atom is -0.497 e. The Labute approximate surface area is 141 Å². The van der Waals surface area contributed by atoms with Crippen LogP contribution in [-0.2, 0) is 9.59 Å². The predicted molar refractivity (Wildman–Crippen MR) is 89.8 cm³/mol. The number of hydrogen-bond acceptors (Lipinski definition) is 4. The lowest BCUT2D eigenvalue weighted by Gasteiger charge is -2.24. The minimum atomic E-state index is -0.856. The third-order valence-electron chi connectivity index (χ3n) is 4.94. The maximum atomic E-state index is 12.4. The Hall–Kier alpha value is -2.08. The third kappa shape index (κ3) is 3.53. The van der Waals surface area contributed by atoms with Gasteiger partial charge in [-0.2, -0.15) is 0 Å². The van der Waals surface area contributed by atoms with Gasteiger partial charge in [0.1, 0.15) is 5.75 Å². The number of nitrogens with one attached hydrogen (secondary N) is 1. The first-order chi connectivity index (χ1) is 11.4. The molecule has 0 bridgehead atoms. The standard InChI is InChI=1S/C18H24N2O4/c1-18(23,13-6-7-13)11-19-17(22)12-8-16(21)20(10-12)14-4-3-5-15(9-14)24-2/h3-5,9,12-13,23H,6-8,10-11H2,1-2H3,(H,19,22). The zero-order valence-corrected chi connectivity index (χ0v) is 14.1. The summed E-state index contributed by atoms with van der Waals surface area (Å²) in [5.74, 6) is 0.315.